The first-order valence-electron chi connectivity index (χ1n) is 6.45. The van der Waals surface area contributed by atoms with Gasteiger partial charge < -0.3 is 14.5 Å². The minimum absolute atomic E-state index is 0.114. The molecular formula is C14H21N2O2+. The molecule has 1 fully saturated rings. The molecule has 1 aromatic rings. The van der Waals surface area contributed by atoms with Gasteiger partial charge in [0.1, 0.15) is 5.75 Å². The normalized spacial score (nSPS) is 20.3. The van der Waals surface area contributed by atoms with Crippen LogP contribution in [0.3, 0.4) is 0 Å². The van der Waals surface area contributed by atoms with Crippen molar-refractivity contribution in [2.24, 2.45) is 0 Å². The molecule has 1 heterocycles. The summed E-state index contributed by atoms with van der Waals surface area (Å²) in [6.07, 6.45) is 1.07. The molecule has 18 heavy (non-hydrogen) atoms. The fourth-order valence-corrected chi connectivity index (χ4v) is 2.28. The number of nitrogens with one attached hydrogen (secondary N) is 1. The Morgan fingerprint density at radius 1 is 1.33 bits per heavy atom. The predicted molar refractivity (Wildman–Crippen MR) is 70.1 cm³/mol. The van der Waals surface area contributed by atoms with E-state index in [-0.39, 0.29) is 5.91 Å². The fourth-order valence-electron chi connectivity index (χ4n) is 2.28. The molecule has 0 saturated carbocycles. The lowest BCUT2D eigenvalue weighted by Gasteiger charge is -2.19. The van der Waals surface area contributed by atoms with Crippen LogP contribution >= 0.6 is 0 Å². The van der Waals surface area contributed by atoms with Crippen LogP contribution in [0.15, 0.2) is 24.3 Å². The van der Waals surface area contributed by atoms with Gasteiger partial charge in [0.25, 0.3) is 5.91 Å². The van der Waals surface area contributed by atoms with E-state index in [1.807, 2.05) is 29.2 Å². The number of amides is 1. The highest BCUT2D eigenvalue weighted by Gasteiger charge is 2.20. The van der Waals surface area contributed by atoms with Crippen molar-refractivity contribution in [2.75, 3.05) is 40.3 Å². The van der Waals surface area contributed by atoms with Gasteiger partial charge in [-0.3, -0.25) is 4.79 Å². The van der Waals surface area contributed by atoms with E-state index in [2.05, 4.69) is 7.05 Å². The van der Waals surface area contributed by atoms with Gasteiger partial charge in [0.15, 0.2) is 0 Å². The molecule has 0 aromatic heterocycles. The largest absolute Gasteiger partial charge is 0.497 e. The van der Waals surface area contributed by atoms with Crippen molar-refractivity contribution in [3.63, 3.8) is 0 Å². The standard InChI is InChI=1S/C14H20N2O2/c1-15-7-4-8-16(10-9-15)14(17)12-5-3-6-13(11-12)18-2/h3,5-6,11H,4,7-10H2,1-2H3/p+1. The van der Waals surface area contributed by atoms with Gasteiger partial charge in [0.05, 0.1) is 33.8 Å². The summed E-state index contributed by atoms with van der Waals surface area (Å²) >= 11 is 0. The lowest BCUT2D eigenvalue weighted by Crippen LogP contribution is -3.09. The first-order chi connectivity index (χ1) is 8.70. The van der Waals surface area contributed by atoms with E-state index in [4.69, 9.17) is 4.74 Å². The lowest BCUT2D eigenvalue weighted by molar-refractivity contribution is -0.877. The Bertz CT molecular complexity index is 420. The molecule has 1 atom stereocenters. The second-order valence-electron chi connectivity index (χ2n) is 4.83. The van der Waals surface area contributed by atoms with E-state index in [0.29, 0.717) is 5.56 Å². The average molecular weight is 249 g/mol. The van der Waals surface area contributed by atoms with Crippen LogP contribution in [0.4, 0.5) is 0 Å². The molecule has 1 aliphatic heterocycles. The summed E-state index contributed by atoms with van der Waals surface area (Å²) in [6.45, 7) is 3.85. The molecule has 0 aliphatic carbocycles. The maximum atomic E-state index is 12.4. The minimum Gasteiger partial charge on any atom is -0.497 e. The number of methoxy groups -OCH3 is 1. The molecular weight excluding hydrogens is 228 g/mol. The third-order valence-electron chi connectivity index (χ3n) is 3.44. The number of likely N-dealkylation sites (N-methyl/N-ethyl adjacent to an activating group) is 1. The number of hydrogen-bond donors (Lipinski definition) is 1. The van der Waals surface area contributed by atoms with E-state index < -0.39 is 0 Å². The third kappa shape index (κ3) is 3.01. The van der Waals surface area contributed by atoms with Gasteiger partial charge in [-0.05, 0) is 18.2 Å². The molecule has 1 amide bonds. The van der Waals surface area contributed by atoms with Gasteiger partial charge in [-0.15, -0.1) is 0 Å². The molecule has 1 N–H and O–H groups in total. The van der Waals surface area contributed by atoms with Crippen molar-refractivity contribution in [3.8, 4) is 5.75 Å². The Morgan fingerprint density at radius 3 is 2.94 bits per heavy atom. The van der Waals surface area contributed by atoms with Crippen LogP contribution in [-0.4, -0.2) is 51.1 Å². The monoisotopic (exact) mass is 249 g/mol. The molecule has 4 heteroatoms. The van der Waals surface area contributed by atoms with Crippen molar-refractivity contribution in [2.45, 2.75) is 6.42 Å². The number of benzene rings is 1. The SMILES string of the molecule is COc1cccc(C(=O)N2CCC[NH+](C)CC2)c1. The predicted octanol–water partition coefficient (Wildman–Crippen LogP) is 0.0558. The molecule has 0 bridgehead atoms. The van der Waals surface area contributed by atoms with E-state index in [9.17, 15) is 4.79 Å². The molecule has 1 saturated heterocycles. The van der Waals surface area contributed by atoms with E-state index in [1.54, 1.807) is 7.11 Å². The lowest BCUT2D eigenvalue weighted by atomic mass is 10.2. The Morgan fingerprint density at radius 2 is 2.17 bits per heavy atom. The van der Waals surface area contributed by atoms with E-state index in [1.165, 1.54) is 4.90 Å². The Hall–Kier alpha value is -1.55. The highest BCUT2D eigenvalue weighted by atomic mass is 16.5. The average Bonchev–Trinajstić information content (AvgIpc) is 2.63. The highest BCUT2D eigenvalue weighted by Crippen LogP contribution is 2.14. The first-order valence-corrected chi connectivity index (χ1v) is 6.45. The maximum absolute atomic E-state index is 12.4. The molecule has 1 aliphatic rings. The Labute approximate surface area is 108 Å². The second-order valence-corrected chi connectivity index (χ2v) is 4.83. The molecule has 98 valence electrons. The number of hydrogen-bond acceptors (Lipinski definition) is 2. The maximum Gasteiger partial charge on any atom is 0.254 e. The van der Waals surface area contributed by atoms with Crippen molar-refractivity contribution in [1.82, 2.24) is 4.90 Å². The summed E-state index contributed by atoms with van der Waals surface area (Å²) < 4.78 is 5.16. The third-order valence-corrected chi connectivity index (χ3v) is 3.44. The molecule has 0 radical (unpaired) electrons. The molecule has 1 aromatic carbocycles. The van der Waals surface area contributed by atoms with Crippen LogP contribution < -0.4 is 9.64 Å². The zero-order chi connectivity index (χ0) is 13.0. The zero-order valence-corrected chi connectivity index (χ0v) is 11.1. The van der Waals surface area contributed by atoms with Crippen LogP contribution in [0.5, 0.6) is 5.75 Å². The van der Waals surface area contributed by atoms with Crippen molar-refractivity contribution in [3.05, 3.63) is 29.8 Å². The summed E-state index contributed by atoms with van der Waals surface area (Å²) in [5, 5.41) is 0. The number of nitrogens with zero attached hydrogens (tertiary/aromatic N) is 1. The van der Waals surface area contributed by atoms with Crippen LogP contribution in [0.25, 0.3) is 0 Å². The number of quaternary nitrogens is 1. The van der Waals surface area contributed by atoms with Gasteiger partial charge in [-0.1, -0.05) is 6.07 Å². The summed E-state index contributed by atoms with van der Waals surface area (Å²) in [7, 11) is 3.80. The minimum atomic E-state index is 0.114. The topological polar surface area (TPSA) is 34.0 Å². The smallest absolute Gasteiger partial charge is 0.254 e. The summed E-state index contributed by atoms with van der Waals surface area (Å²) in [6, 6.07) is 7.38. The molecule has 2 rings (SSSR count). The number of ether oxygens (including phenoxy) is 1. The van der Waals surface area contributed by atoms with E-state index >= 15 is 0 Å². The number of carbonyl (C=O) groups excluding carboxylic acids is 1. The number of carbonyl (C=O) groups is 1. The molecule has 0 spiro atoms. The summed E-state index contributed by atoms with van der Waals surface area (Å²) in [5.41, 5.74) is 0.717. The van der Waals surface area contributed by atoms with Gasteiger partial charge in [-0.2, -0.15) is 0 Å². The van der Waals surface area contributed by atoms with Gasteiger partial charge in [-0.25, -0.2) is 0 Å². The summed E-state index contributed by atoms with van der Waals surface area (Å²) in [5.74, 6) is 0.849. The van der Waals surface area contributed by atoms with Gasteiger partial charge >= 0.3 is 0 Å². The summed E-state index contributed by atoms with van der Waals surface area (Å²) in [4.78, 5) is 15.8. The van der Waals surface area contributed by atoms with Crippen LogP contribution in [0, 0.1) is 0 Å². The van der Waals surface area contributed by atoms with Crippen molar-refractivity contribution >= 4 is 5.91 Å². The highest BCUT2D eigenvalue weighted by molar-refractivity contribution is 5.94. The van der Waals surface area contributed by atoms with E-state index in [0.717, 1.165) is 38.3 Å². The van der Waals surface area contributed by atoms with Crippen LogP contribution in [-0.2, 0) is 0 Å². The molecule has 1 unspecified atom stereocenters. The Kier molecular flexibility index (Phi) is 4.20. The zero-order valence-electron chi connectivity index (χ0n) is 11.1. The fraction of sp³-hybridized carbons (Fsp3) is 0.500. The molecule has 4 nitrogen and oxygen atoms in total. The number of rotatable bonds is 2. The van der Waals surface area contributed by atoms with Gasteiger partial charge in [0.2, 0.25) is 0 Å². The van der Waals surface area contributed by atoms with Crippen LogP contribution in [0.1, 0.15) is 16.8 Å². The first kappa shape index (κ1) is 12.9. The van der Waals surface area contributed by atoms with Crippen molar-refractivity contribution in [1.29, 1.82) is 0 Å². The second kappa shape index (κ2) is 5.87. The van der Waals surface area contributed by atoms with Crippen LogP contribution in [0.2, 0.25) is 0 Å². The van der Waals surface area contributed by atoms with Crippen molar-refractivity contribution < 1.29 is 14.4 Å². The van der Waals surface area contributed by atoms with Gasteiger partial charge in [0, 0.05) is 18.5 Å². The quantitative estimate of drug-likeness (QED) is 0.804. The Balaban J connectivity index is 2.09.